The molecule has 0 amide bonds. The van der Waals surface area contributed by atoms with Crippen LogP contribution in [-0.2, 0) is 40.0 Å². The van der Waals surface area contributed by atoms with E-state index in [1.807, 2.05) is 6.92 Å². The molecule has 1 aliphatic carbocycles. The summed E-state index contributed by atoms with van der Waals surface area (Å²) in [6.45, 7) is 9.88. The number of hydrogen-bond donors (Lipinski definition) is 0. The number of morpholine rings is 1. The van der Waals surface area contributed by atoms with Crippen molar-refractivity contribution >= 4 is 0 Å². The number of nitrogens with zero attached hydrogens (tertiary/aromatic N) is 2. The second kappa shape index (κ2) is 10.1. The van der Waals surface area contributed by atoms with Crippen molar-refractivity contribution in [2.24, 2.45) is 17.8 Å². The van der Waals surface area contributed by atoms with E-state index in [2.05, 4.69) is 35.1 Å². The SMILES string of the molecule is COc1ccc2c(c1)CCN1O[C@@]3(C[C@H]21)[C@@H](OCCN1CCOCC1)O[C@@H]1O[C@@]2(C)CC[C@H]4[C@H](C)CC[C@@H]3[C@@]14OO2. The molecule has 226 valence electrons. The molecular formula is C31H44N2O8. The Hall–Kier alpha value is -1.34. The summed E-state index contributed by atoms with van der Waals surface area (Å²) in [5.41, 5.74) is 1.16. The zero-order valence-electron chi connectivity index (χ0n) is 24.5. The predicted molar refractivity (Wildman–Crippen MR) is 145 cm³/mol. The Balaban J connectivity index is 1.16. The highest BCUT2D eigenvalue weighted by atomic mass is 17.3. The monoisotopic (exact) mass is 572 g/mol. The van der Waals surface area contributed by atoms with Crippen molar-refractivity contribution in [2.45, 2.75) is 88.0 Å². The number of hydroxylamine groups is 2. The Labute approximate surface area is 242 Å². The highest BCUT2D eigenvalue weighted by Crippen LogP contribution is 2.65. The molecule has 0 unspecified atom stereocenters. The summed E-state index contributed by atoms with van der Waals surface area (Å²) >= 11 is 0. The van der Waals surface area contributed by atoms with Crippen molar-refractivity contribution in [3.05, 3.63) is 29.3 Å². The van der Waals surface area contributed by atoms with E-state index in [0.29, 0.717) is 12.5 Å². The van der Waals surface area contributed by atoms with Crippen molar-refractivity contribution in [1.82, 2.24) is 9.96 Å². The third kappa shape index (κ3) is 4.17. The first-order chi connectivity index (χ1) is 19.9. The molecule has 9 atom stereocenters. The fourth-order valence-corrected chi connectivity index (χ4v) is 9.05. The van der Waals surface area contributed by atoms with E-state index in [-0.39, 0.29) is 17.9 Å². The standard InChI is InChI=1S/C31H44N2O8/c1-20-4-7-26-30(19-25-23-6-5-22(34-3)18-21(23)9-11-33(25)39-30)27(36-17-14-32-12-15-35-16-13-32)37-28-31(26)24(20)8-10-29(2,38-28)40-41-31/h5-6,18,20,24-28H,4,7-17,19H2,1-3H3/t20-,24+,25-,26+,27+,28-,29-,30-,31-/m1/s1. The van der Waals surface area contributed by atoms with Crippen LogP contribution in [0.3, 0.4) is 0 Å². The molecule has 10 heteroatoms. The summed E-state index contributed by atoms with van der Waals surface area (Å²) < 4.78 is 31.4. The highest BCUT2D eigenvalue weighted by Gasteiger charge is 2.76. The Morgan fingerprint density at radius 3 is 2.80 bits per heavy atom. The maximum Gasteiger partial charge on any atom is 0.201 e. The minimum Gasteiger partial charge on any atom is -0.497 e. The molecule has 1 aromatic carbocycles. The van der Waals surface area contributed by atoms with Crippen LogP contribution in [0.25, 0.3) is 0 Å². The lowest BCUT2D eigenvalue weighted by atomic mass is 9.55. The maximum absolute atomic E-state index is 7.17. The number of hydrogen-bond acceptors (Lipinski definition) is 10. The molecule has 7 aliphatic heterocycles. The van der Waals surface area contributed by atoms with E-state index in [1.54, 1.807) is 7.11 Å². The molecule has 7 fully saturated rings. The molecule has 0 N–H and O–H groups in total. The van der Waals surface area contributed by atoms with Gasteiger partial charge in [-0.05, 0) is 67.7 Å². The highest BCUT2D eigenvalue weighted by molar-refractivity contribution is 5.40. The van der Waals surface area contributed by atoms with Gasteiger partial charge in [0, 0.05) is 44.9 Å². The van der Waals surface area contributed by atoms with Crippen molar-refractivity contribution < 1.29 is 38.3 Å². The van der Waals surface area contributed by atoms with E-state index in [4.69, 9.17) is 38.3 Å². The van der Waals surface area contributed by atoms with Gasteiger partial charge >= 0.3 is 0 Å². The van der Waals surface area contributed by atoms with Crippen LogP contribution in [0.2, 0.25) is 0 Å². The zero-order chi connectivity index (χ0) is 27.8. The minimum atomic E-state index is -0.827. The Morgan fingerprint density at radius 2 is 1.95 bits per heavy atom. The van der Waals surface area contributed by atoms with E-state index >= 15 is 0 Å². The Kier molecular flexibility index (Phi) is 6.71. The van der Waals surface area contributed by atoms with Gasteiger partial charge in [-0.1, -0.05) is 13.0 Å². The van der Waals surface area contributed by atoms with Gasteiger partial charge < -0.3 is 23.7 Å². The van der Waals surface area contributed by atoms with Gasteiger partial charge in [0.05, 0.1) is 33.0 Å². The van der Waals surface area contributed by atoms with Crippen molar-refractivity contribution in [2.75, 3.05) is 53.1 Å². The molecule has 0 radical (unpaired) electrons. The molecule has 8 aliphatic rings. The Bertz CT molecular complexity index is 1150. The molecular weight excluding hydrogens is 528 g/mol. The largest absolute Gasteiger partial charge is 0.497 e. The number of benzene rings is 1. The van der Waals surface area contributed by atoms with Gasteiger partial charge in [0.2, 0.25) is 5.79 Å². The van der Waals surface area contributed by atoms with E-state index < -0.39 is 29.6 Å². The third-order valence-corrected chi connectivity index (χ3v) is 11.2. The molecule has 10 nitrogen and oxygen atoms in total. The van der Waals surface area contributed by atoms with Crippen LogP contribution in [0.5, 0.6) is 5.75 Å². The lowest BCUT2D eigenvalue weighted by Gasteiger charge is -2.63. The molecule has 6 saturated heterocycles. The molecule has 2 spiro atoms. The lowest BCUT2D eigenvalue weighted by Crippen LogP contribution is -2.76. The summed E-state index contributed by atoms with van der Waals surface area (Å²) in [6.07, 6.45) is 4.31. The van der Waals surface area contributed by atoms with E-state index in [1.165, 1.54) is 11.1 Å². The minimum absolute atomic E-state index is 0.00159. The average molecular weight is 573 g/mol. The van der Waals surface area contributed by atoms with Gasteiger partial charge in [-0.3, -0.25) is 9.74 Å². The summed E-state index contributed by atoms with van der Waals surface area (Å²) in [5.74, 6) is 0.788. The quantitative estimate of drug-likeness (QED) is 0.489. The Morgan fingerprint density at radius 1 is 1.07 bits per heavy atom. The van der Waals surface area contributed by atoms with Crippen LogP contribution in [0.15, 0.2) is 18.2 Å². The van der Waals surface area contributed by atoms with Crippen LogP contribution < -0.4 is 4.74 Å². The number of fused-ring (bicyclic) bond motifs is 6. The topological polar surface area (TPSA) is 80.3 Å². The first kappa shape index (κ1) is 27.2. The van der Waals surface area contributed by atoms with Crippen LogP contribution in [-0.4, -0.2) is 92.6 Å². The van der Waals surface area contributed by atoms with Crippen LogP contribution in [0.4, 0.5) is 0 Å². The molecule has 41 heavy (non-hydrogen) atoms. The number of rotatable bonds is 5. The molecule has 7 heterocycles. The van der Waals surface area contributed by atoms with Crippen molar-refractivity contribution in [3.63, 3.8) is 0 Å². The molecule has 1 aromatic rings. The van der Waals surface area contributed by atoms with Crippen LogP contribution in [0, 0.1) is 17.8 Å². The third-order valence-electron chi connectivity index (χ3n) is 11.2. The molecule has 1 saturated carbocycles. The lowest BCUT2D eigenvalue weighted by molar-refractivity contribution is -0.587. The molecule has 0 aromatic heterocycles. The summed E-state index contributed by atoms with van der Waals surface area (Å²) in [5, 5.41) is 2.19. The van der Waals surface area contributed by atoms with Crippen molar-refractivity contribution in [1.29, 1.82) is 0 Å². The van der Waals surface area contributed by atoms with Gasteiger partial charge in [-0.2, -0.15) is 5.06 Å². The summed E-state index contributed by atoms with van der Waals surface area (Å²) in [7, 11) is 1.73. The smallest absolute Gasteiger partial charge is 0.201 e. The normalized spacial score (nSPS) is 45.6. The zero-order valence-corrected chi connectivity index (χ0v) is 24.5. The van der Waals surface area contributed by atoms with E-state index in [0.717, 1.165) is 83.7 Å². The van der Waals surface area contributed by atoms with Gasteiger partial charge in [0.1, 0.15) is 11.4 Å². The summed E-state index contributed by atoms with van der Waals surface area (Å²) in [6, 6.07) is 6.55. The maximum atomic E-state index is 7.17. The average Bonchev–Trinajstić information content (AvgIpc) is 3.24. The molecule has 2 bridgehead atoms. The van der Waals surface area contributed by atoms with Gasteiger partial charge in [-0.25, -0.2) is 9.78 Å². The first-order valence-corrected chi connectivity index (χ1v) is 15.7. The van der Waals surface area contributed by atoms with Crippen LogP contribution in [0.1, 0.15) is 63.1 Å². The van der Waals surface area contributed by atoms with Crippen LogP contribution >= 0.6 is 0 Å². The first-order valence-electron chi connectivity index (χ1n) is 15.7. The van der Waals surface area contributed by atoms with Gasteiger partial charge in [0.15, 0.2) is 18.2 Å². The second-order valence-corrected chi connectivity index (χ2v) is 13.4. The van der Waals surface area contributed by atoms with Crippen molar-refractivity contribution in [3.8, 4) is 5.75 Å². The number of methoxy groups -OCH3 is 1. The fraction of sp³-hybridized carbons (Fsp3) is 0.806. The summed E-state index contributed by atoms with van der Waals surface area (Å²) in [4.78, 5) is 22.2. The van der Waals surface area contributed by atoms with Gasteiger partial charge in [0.25, 0.3) is 0 Å². The van der Waals surface area contributed by atoms with E-state index in [9.17, 15) is 0 Å². The predicted octanol–water partition coefficient (Wildman–Crippen LogP) is 3.59. The second-order valence-electron chi connectivity index (χ2n) is 13.4. The fourth-order valence-electron chi connectivity index (χ4n) is 9.05. The molecule has 9 rings (SSSR count). The van der Waals surface area contributed by atoms with Gasteiger partial charge in [-0.15, -0.1) is 0 Å². The number of ether oxygens (including phenoxy) is 5.